The van der Waals surface area contributed by atoms with E-state index in [1.807, 2.05) is 18.2 Å². The molecule has 2 N–H and O–H groups in total. The van der Waals surface area contributed by atoms with E-state index in [0.29, 0.717) is 0 Å². The molecule has 4 heteroatoms. The number of aromatic amines is 1. The Hall–Kier alpha value is -1.81. The van der Waals surface area contributed by atoms with E-state index in [-0.39, 0.29) is 5.56 Å². The smallest absolute Gasteiger partial charge is 0.253 e. The molecule has 2 heterocycles. The normalized spacial score (nSPS) is 15.8. The lowest BCUT2D eigenvalue weighted by Gasteiger charge is -2.32. The van der Waals surface area contributed by atoms with Crippen LogP contribution in [0.25, 0.3) is 10.9 Å². The second-order valence-corrected chi connectivity index (χ2v) is 5.31. The molecule has 0 atom stereocenters. The molecule has 1 aliphatic rings. The van der Waals surface area contributed by atoms with Gasteiger partial charge >= 0.3 is 0 Å². The van der Waals surface area contributed by atoms with Crippen molar-refractivity contribution in [3.05, 3.63) is 40.2 Å². The monoisotopic (exact) mass is 271 g/mol. The summed E-state index contributed by atoms with van der Waals surface area (Å²) in [4.78, 5) is 17.8. The van der Waals surface area contributed by atoms with Gasteiger partial charge in [-0.3, -0.25) is 4.79 Å². The molecule has 1 fully saturated rings. The van der Waals surface area contributed by atoms with E-state index >= 15 is 0 Å². The molecule has 0 aliphatic carbocycles. The minimum Gasteiger partial charge on any atom is -0.368 e. The maximum absolute atomic E-state index is 12.4. The third-order valence-corrected chi connectivity index (χ3v) is 3.92. The third kappa shape index (κ3) is 2.31. The van der Waals surface area contributed by atoms with Crippen LogP contribution in [-0.2, 0) is 6.42 Å². The summed E-state index contributed by atoms with van der Waals surface area (Å²) in [6, 6.07) is 8.11. The number of nitrogens with zero attached hydrogens (tertiary/aromatic N) is 1. The summed E-state index contributed by atoms with van der Waals surface area (Å²) >= 11 is 0. The van der Waals surface area contributed by atoms with Gasteiger partial charge in [-0.25, -0.2) is 0 Å². The summed E-state index contributed by atoms with van der Waals surface area (Å²) in [5.41, 5.74) is 3.09. The Labute approximate surface area is 118 Å². The van der Waals surface area contributed by atoms with E-state index in [1.54, 1.807) is 0 Å². The lowest BCUT2D eigenvalue weighted by molar-refractivity contribution is 0.588. The number of fused-ring (bicyclic) bond motifs is 1. The maximum atomic E-state index is 12.4. The van der Waals surface area contributed by atoms with E-state index in [4.69, 9.17) is 0 Å². The van der Waals surface area contributed by atoms with Crippen LogP contribution >= 0.6 is 0 Å². The number of hydrogen-bond acceptors (Lipinski definition) is 3. The molecule has 0 saturated carbocycles. The zero-order chi connectivity index (χ0) is 13.9. The largest absolute Gasteiger partial charge is 0.368 e. The van der Waals surface area contributed by atoms with Crippen LogP contribution in [0.5, 0.6) is 0 Å². The van der Waals surface area contributed by atoms with Crippen molar-refractivity contribution >= 4 is 16.6 Å². The van der Waals surface area contributed by atoms with E-state index in [0.717, 1.165) is 61.2 Å². The van der Waals surface area contributed by atoms with Crippen LogP contribution in [0.15, 0.2) is 29.1 Å². The molecule has 0 bridgehead atoms. The zero-order valence-electron chi connectivity index (χ0n) is 11.9. The van der Waals surface area contributed by atoms with Gasteiger partial charge in [-0.1, -0.05) is 31.5 Å². The van der Waals surface area contributed by atoms with Crippen LogP contribution in [0.3, 0.4) is 0 Å². The van der Waals surface area contributed by atoms with Crippen molar-refractivity contribution in [2.45, 2.75) is 19.8 Å². The maximum Gasteiger partial charge on any atom is 0.253 e. The van der Waals surface area contributed by atoms with Gasteiger partial charge in [0, 0.05) is 37.1 Å². The van der Waals surface area contributed by atoms with Crippen molar-refractivity contribution in [3.8, 4) is 0 Å². The number of nitrogens with one attached hydrogen (secondary N) is 2. The molecule has 2 aromatic rings. The van der Waals surface area contributed by atoms with Crippen LogP contribution in [-0.4, -0.2) is 31.2 Å². The average Bonchev–Trinajstić information content (AvgIpc) is 2.49. The van der Waals surface area contributed by atoms with Gasteiger partial charge in [-0.2, -0.15) is 0 Å². The van der Waals surface area contributed by atoms with Crippen molar-refractivity contribution in [1.29, 1.82) is 0 Å². The van der Waals surface area contributed by atoms with Crippen LogP contribution in [0.2, 0.25) is 0 Å². The van der Waals surface area contributed by atoms with E-state index in [1.165, 1.54) is 0 Å². The molecule has 0 unspecified atom stereocenters. The standard InChI is InChI=1S/C16H21N3O/c1-2-5-13-15(19-10-8-17-9-11-19)12-6-3-4-7-14(12)18-16(13)20/h3-4,6-7,17H,2,5,8-11H2,1H3,(H,18,20). The first-order chi connectivity index (χ1) is 9.81. The second kappa shape index (κ2) is 5.67. The van der Waals surface area contributed by atoms with Gasteiger partial charge in [0.1, 0.15) is 0 Å². The van der Waals surface area contributed by atoms with Crippen molar-refractivity contribution in [2.75, 3.05) is 31.1 Å². The first-order valence-electron chi connectivity index (χ1n) is 7.41. The number of anilines is 1. The molecule has 3 rings (SSSR count). The molecule has 0 radical (unpaired) electrons. The van der Waals surface area contributed by atoms with Crippen molar-refractivity contribution in [2.24, 2.45) is 0 Å². The Morgan fingerprint density at radius 2 is 1.95 bits per heavy atom. The summed E-state index contributed by atoms with van der Waals surface area (Å²) in [6.45, 7) is 6.00. The number of benzene rings is 1. The van der Waals surface area contributed by atoms with Crippen LogP contribution in [0, 0.1) is 0 Å². The van der Waals surface area contributed by atoms with Gasteiger partial charge in [-0.15, -0.1) is 0 Å². The van der Waals surface area contributed by atoms with Gasteiger partial charge in [-0.05, 0) is 12.5 Å². The van der Waals surface area contributed by atoms with Gasteiger partial charge in [0.2, 0.25) is 0 Å². The summed E-state index contributed by atoms with van der Waals surface area (Å²) in [6.07, 6.45) is 1.82. The Morgan fingerprint density at radius 1 is 1.20 bits per heavy atom. The summed E-state index contributed by atoms with van der Waals surface area (Å²) in [5.74, 6) is 0. The highest BCUT2D eigenvalue weighted by atomic mass is 16.1. The number of rotatable bonds is 3. The predicted molar refractivity (Wildman–Crippen MR) is 83.6 cm³/mol. The lowest BCUT2D eigenvalue weighted by Crippen LogP contribution is -2.44. The summed E-state index contributed by atoms with van der Waals surface area (Å²) < 4.78 is 0. The van der Waals surface area contributed by atoms with Gasteiger partial charge in [0.05, 0.1) is 11.2 Å². The van der Waals surface area contributed by atoms with E-state index in [2.05, 4.69) is 28.2 Å². The van der Waals surface area contributed by atoms with E-state index < -0.39 is 0 Å². The molecule has 0 amide bonds. The van der Waals surface area contributed by atoms with Gasteiger partial charge < -0.3 is 15.2 Å². The molecule has 4 nitrogen and oxygen atoms in total. The van der Waals surface area contributed by atoms with Gasteiger partial charge in [0.25, 0.3) is 5.56 Å². The Bertz CT molecular complexity index is 656. The number of piperazine rings is 1. The number of para-hydroxylation sites is 1. The second-order valence-electron chi connectivity index (χ2n) is 5.31. The molecule has 1 aliphatic heterocycles. The first-order valence-corrected chi connectivity index (χ1v) is 7.41. The summed E-state index contributed by atoms with van der Waals surface area (Å²) in [7, 11) is 0. The number of hydrogen-bond donors (Lipinski definition) is 2. The van der Waals surface area contributed by atoms with Crippen molar-refractivity contribution < 1.29 is 0 Å². The fraction of sp³-hybridized carbons (Fsp3) is 0.438. The summed E-state index contributed by atoms with van der Waals surface area (Å²) in [5, 5.41) is 4.54. The molecule has 1 aromatic heterocycles. The van der Waals surface area contributed by atoms with Crippen LogP contribution < -0.4 is 15.8 Å². The first kappa shape index (κ1) is 13.2. The molecular weight excluding hydrogens is 250 g/mol. The lowest BCUT2D eigenvalue weighted by atomic mass is 10.0. The van der Waals surface area contributed by atoms with Crippen molar-refractivity contribution in [1.82, 2.24) is 10.3 Å². The Kier molecular flexibility index (Phi) is 3.74. The average molecular weight is 271 g/mol. The van der Waals surface area contributed by atoms with Crippen molar-refractivity contribution in [3.63, 3.8) is 0 Å². The van der Waals surface area contributed by atoms with Gasteiger partial charge in [0.15, 0.2) is 0 Å². The quantitative estimate of drug-likeness (QED) is 0.896. The highest BCUT2D eigenvalue weighted by Crippen LogP contribution is 2.28. The fourth-order valence-electron chi connectivity index (χ4n) is 3.00. The molecule has 106 valence electrons. The SMILES string of the molecule is CCCc1c(N2CCNCC2)c2ccccc2[nH]c1=O. The molecule has 0 spiro atoms. The number of pyridine rings is 1. The minimum atomic E-state index is 0.0686. The fourth-order valence-corrected chi connectivity index (χ4v) is 3.00. The van der Waals surface area contributed by atoms with Crippen LogP contribution in [0.1, 0.15) is 18.9 Å². The number of H-pyrrole nitrogens is 1. The molecule has 1 saturated heterocycles. The topological polar surface area (TPSA) is 48.1 Å². The zero-order valence-corrected chi connectivity index (χ0v) is 11.9. The highest BCUT2D eigenvalue weighted by molar-refractivity contribution is 5.93. The van der Waals surface area contributed by atoms with Crippen LogP contribution in [0.4, 0.5) is 5.69 Å². The molecular formula is C16H21N3O. The van der Waals surface area contributed by atoms with E-state index in [9.17, 15) is 4.79 Å². The highest BCUT2D eigenvalue weighted by Gasteiger charge is 2.19. The predicted octanol–water partition coefficient (Wildman–Crippen LogP) is 1.89. The number of aromatic nitrogens is 1. The minimum absolute atomic E-state index is 0.0686. The Morgan fingerprint density at radius 3 is 2.70 bits per heavy atom. The Balaban J connectivity index is 2.23. The molecule has 20 heavy (non-hydrogen) atoms. The molecule has 1 aromatic carbocycles. The third-order valence-electron chi connectivity index (χ3n) is 3.92.